The van der Waals surface area contributed by atoms with E-state index in [-0.39, 0.29) is 5.89 Å². The standard InChI is InChI=1S/C14H16N4O4/c1-8(2)7-11-15-16-12(21-11)9(3)18-14(19)22-13(17-18)10-5-4-6-20-10/h4-6,8-9H,7H2,1-3H3/t9-/m0/s1. The Bertz CT molecular complexity index is 797. The maximum atomic E-state index is 11.9. The molecule has 0 saturated heterocycles. The van der Waals surface area contributed by atoms with Crippen molar-refractivity contribution >= 4 is 0 Å². The Morgan fingerprint density at radius 3 is 2.73 bits per heavy atom. The SMILES string of the molecule is CC(C)Cc1nnc([C@H](C)n2nc(-c3ccco3)oc2=O)o1. The van der Waals surface area contributed by atoms with Crippen LogP contribution in [0.3, 0.4) is 0 Å². The van der Waals surface area contributed by atoms with Crippen LogP contribution in [0, 0.1) is 5.92 Å². The summed E-state index contributed by atoms with van der Waals surface area (Å²) in [5.41, 5.74) is 0. The van der Waals surface area contributed by atoms with E-state index in [1.165, 1.54) is 6.26 Å². The first-order valence-corrected chi connectivity index (χ1v) is 7.00. The molecule has 0 spiro atoms. The van der Waals surface area contributed by atoms with E-state index in [9.17, 15) is 4.79 Å². The Labute approximate surface area is 125 Å². The van der Waals surface area contributed by atoms with Gasteiger partial charge in [0, 0.05) is 6.42 Å². The topological polar surface area (TPSA) is 100 Å². The highest BCUT2D eigenvalue weighted by molar-refractivity contribution is 5.42. The molecule has 3 heterocycles. The highest BCUT2D eigenvalue weighted by atomic mass is 16.4. The zero-order chi connectivity index (χ0) is 15.7. The molecule has 8 nitrogen and oxygen atoms in total. The van der Waals surface area contributed by atoms with Gasteiger partial charge in [-0.05, 0) is 25.0 Å². The minimum atomic E-state index is -0.609. The van der Waals surface area contributed by atoms with E-state index in [0.717, 1.165) is 4.68 Å². The fourth-order valence-corrected chi connectivity index (χ4v) is 2.00. The molecule has 1 atom stereocenters. The summed E-state index contributed by atoms with van der Waals surface area (Å²) in [7, 11) is 0. The summed E-state index contributed by atoms with van der Waals surface area (Å²) >= 11 is 0. The molecule has 0 aliphatic heterocycles. The first-order valence-electron chi connectivity index (χ1n) is 7.00. The minimum Gasteiger partial charge on any atom is -0.459 e. The van der Waals surface area contributed by atoms with Gasteiger partial charge in [0.1, 0.15) is 6.04 Å². The van der Waals surface area contributed by atoms with Crippen molar-refractivity contribution in [2.75, 3.05) is 0 Å². The van der Waals surface area contributed by atoms with Crippen LogP contribution < -0.4 is 5.76 Å². The van der Waals surface area contributed by atoms with Crippen molar-refractivity contribution in [2.24, 2.45) is 5.92 Å². The first kappa shape index (κ1) is 14.3. The van der Waals surface area contributed by atoms with Crippen LogP contribution >= 0.6 is 0 Å². The fraction of sp³-hybridized carbons (Fsp3) is 0.429. The zero-order valence-corrected chi connectivity index (χ0v) is 12.5. The number of hydrogen-bond acceptors (Lipinski definition) is 7. The summed E-state index contributed by atoms with van der Waals surface area (Å²) in [5, 5.41) is 12.1. The molecule has 0 radical (unpaired) electrons. The van der Waals surface area contributed by atoms with Gasteiger partial charge in [0.2, 0.25) is 11.8 Å². The highest BCUT2D eigenvalue weighted by Gasteiger charge is 2.22. The summed E-state index contributed by atoms with van der Waals surface area (Å²) in [6.45, 7) is 5.86. The largest absolute Gasteiger partial charge is 0.459 e. The molecule has 0 unspecified atom stereocenters. The van der Waals surface area contributed by atoms with Crippen LogP contribution in [0.15, 0.2) is 36.4 Å². The van der Waals surface area contributed by atoms with Gasteiger partial charge in [0.25, 0.3) is 5.89 Å². The lowest BCUT2D eigenvalue weighted by molar-refractivity contribution is 0.363. The fourth-order valence-electron chi connectivity index (χ4n) is 2.00. The van der Waals surface area contributed by atoms with E-state index in [0.29, 0.717) is 29.9 Å². The molecule has 3 aromatic heterocycles. The molecular formula is C14H16N4O4. The molecule has 0 aliphatic carbocycles. The van der Waals surface area contributed by atoms with Crippen molar-refractivity contribution in [1.82, 2.24) is 20.0 Å². The third-order valence-corrected chi connectivity index (χ3v) is 3.09. The molecule has 3 aromatic rings. The van der Waals surface area contributed by atoms with Crippen molar-refractivity contribution < 1.29 is 13.3 Å². The van der Waals surface area contributed by atoms with Crippen LogP contribution in [0.2, 0.25) is 0 Å². The van der Waals surface area contributed by atoms with Gasteiger partial charge in [0.05, 0.1) is 6.26 Å². The summed E-state index contributed by atoms with van der Waals surface area (Å²) in [5.74, 6) is 1.15. The van der Waals surface area contributed by atoms with Gasteiger partial charge in [-0.15, -0.1) is 15.3 Å². The smallest absolute Gasteiger partial charge is 0.438 e. The van der Waals surface area contributed by atoms with Crippen molar-refractivity contribution in [3.8, 4) is 11.7 Å². The Morgan fingerprint density at radius 1 is 1.23 bits per heavy atom. The Kier molecular flexibility index (Phi) is 3.66. The Morgan fingerprint density at radius 2 is 2.05 bits per heavy atom. The van der Waals surface area contributed by atoms with Gasteiger partial charge in [0.15, 0.2) is 5.76 Å². The Balaban J connectivity index is 1.87. The maximum absolute atomic E-state index is 11.9. The average Bonchev–Trinajstić information content (AvgIpc) is 3.16. The van der Waals surface area contributed by atoms with E-state index < -0.39 is 11.8 Å². The van der Waals surface area contributed by atoms with Gasteiger partial charge < -0.3 is 13.3 Å². The predicted molar refractivity (Wildman–Crippen MR) is 75.1 cm³/mol. The number of aromatic nitrogens is 4. The summed E-state index contributed by atoms with van der Waals surface area (Å²) in [6, 6.07) is 2.83. The van der Waals surface area contributed by atoms with E-state index in [2.05, 4.69) is 29.1 Å². The molecule has 0 bridgehead atoms. The molecule has 116 valence electrons. The predicted octanol–water partition coefficient (Wildman–Crippen LogP) is 2.29. The third-order valence-electron chi connectivity index (χ3n) is 3.09. The number of furan rings is 1. The van der Waals surface area contributed by atoms with Gasteiger partial charge in [-0.25, -0.2) is 4.79 Å². The summed E-state index contributed by atoms with van der Waals surface area (Å²) in [6.07, 6.45) is 2.17. The quantitative estimate of drug-likeness (QED) is 0.712. The van der Waals surface area contributed by atoms with Crippen molar-refractivity contribution in [3.05, 3.63) is 40.7 Å². The molecule has 0 aromatic carbocycles. The van der Waals surface area contributed by atoms with Crippen LogP contribution in [-0.2, 0) is 6.42 Å². The molecule has 3 rings (SSSR count). The lowest BCUT2D eigenvalue weighted by Gasteiger charge is -2.03. The molecule has 22 heavy (non-hydrogen) atoms. The van der Waals surface area contributed by atoms with Crippen molar-refractivity contribution in [3.63, 3.8) is 0 Å². The highest BCUT2D eigenvalue weighted by Crippen LogP contribution is 2.19. The number of nitrogens with zero attached hydrogens (tertiary/aromatic N) is 4. The van der Waals surface area contributed by atoms with E-state index >= 15 is 0 Å². The maximum Gasteiger partial charge on any atom is 0.438 e. The lowest BCUT2D eigenvalue weighted by Crippen LogP contribution is -2.21. The van der Waals surface area contributed by atoms with Crippen LogP contribution in [0.1, 0.15) is 38.6 Å². The Hall–Kier alpha value is -2.64. The second-order valence-electron chi connectivity index (χ2n) is 5.40. The van der Waals surface area contributed by atoms with Crippen LogP contribution in [0.4, 0.5) is 0 Å². The molecular weight excluding hydrogens is 288 g/mol. The van der Waals surface area contributed by atoms with Crippen molar-refractivity contribution in [1.29, 1.82) is 0 Å². The van der Waals surface area contributed by atoms with Crippen LogP contribution in [0.25, 0.3) is 11.7 Å². The third kappa shape index (κ3) is 2.72. The molecule has 0 N–H and O–H groups in total. The first-order chi connectivity index (χ1) is 10.5. The molecule has 8 heteroatoms. The van der Waals surface area contributed by atoms with E-state index in [1.807, 2.05) is 0 Å². The van der Waals surface area contributed by atoms with Gasteiger partial charge >= 0.3 is 5.76 Å². The normalized spacial score (nSPS) is 12.9. The molecule has 0 amide bonds. The van der Waals surface area contributed by atoms with E-state index in [1.54, 1.807) is 19.1 Å². The van der Waals surface area contributed by atoms with Crippen molar-refractivity contribution in [2.45, 2.75) is 33.2 Å². The number of rotatable bonds is 5. The van der Waals surface area contributed by atoms with Crippen LogP contribution in [0.5, 0.6) is 0 Å². The monoisotopic (exact) mass is 304 g/mol. The summed E-state index contributed by atoms with van der Waals surface area (Å²) < 4.78 is 17.0. The molecule has 0 fully saturated rings. The summed E-state index contributed by atoms with van der Waals surface area (Å²) in [4.78, 5) is 11.9. The molecule has 0 saturated carbocycles. The zero-order valence-electron chi connectivity index (χ0n) is 12.5. The van der Waals surface area contributed by atoms with E-state index in [4.69, 9.17) is 13.3 Å². The average molecular weight is 304 g/mol. The second kappa shape index (κ2) is 5.63. The van der Waals surface area contributed by atoms with Crippen LogP contribution in [-0.4, -0.2) is 20.0 Å². The van der Waals surface area contributed by atoms with Gasteiger partial charge in [-0.3, -0.25) is 0 Å². The minimum absolute atomic E-state index is 0.115. The number of hydrogen-bond donors (Lipinski definition) is 0. The van der Waals surface area contributed by atoms with Gasteiger partial charge in [-0.1, -0.05) is 13.8 Å². The molecule has 0 aliphatic rings. The van der Waals surface area contributed by atoms with Gasteiger partial charge in [-0.2, -0.15) is 4.68 Å². The second-order valence-corrected chi connectivity index (χ2v) is 5.40. The lowest BCUT2D eigenvalue weighted by atomic mass is 10.1.